The van der Waals surface area contributed by atoms with Crippen LogP contribution >= 0.6 is 0 Å². The number of nitrogens with one attached hydrogen (secondary N) is 1. The molecule has 63 valence electrons. The van der Waals surface area contributed by atoms with Gasteiger partial charge in [0, 0.05) is 39.1 Å². The number of hydrogen-bond donors (Lipinski definition) is 2. The van der Waals surface area contributed by atoms with Gasteiger partial charge in [-0.3, -0.25) is 11.8 Å². The summed E-state index contributed by atoms with van der Waals surface area (Å²) >= 11 is 0. The molecule has 11 heavy (non-hydrogen) atoms. The van der Waals surface area contributed by atoms with E-state index in [9.17, 15) is 4.79 Å². The van der Waals surface area contributed by atoms with Crippen LogP contribution in [0.4, 0.5) is 0 Å². The Morgan fingerprint density at radius 3 is 2.45 bits per heavy atom. The van der Waals surface area contributed by atoms with Crippen LogP contribution in [-0.2, 0) is 42.2 Å². The van der Waals surface area contributed by atoms with E-state index in [2.05, 4.69) is 22.8 Å². The van der Waals surface area contributed by atoms with Crippen LogP contribution in [0.2, 0.25) is 0 Å². The summed E-state index contributed by atoms with van der Waals surface area (Å²) in [6, 6.07) is -0.0463. The molecule has 1 heterocycles. The molecule has 0 aromatic heterocycles. The Morgan fingerprint density at radius 1 is 1.73 bits per heavy atom. The third-order valence-corrected chi connectivity index (χ3v) is 1.28. The maximum Gasteiger partial charge on any atom is 0.323 e. The molecule has 1 aliphatic heterocycles. The van der Waals surface area contributed by atoms with E-state index in [1.165, 1.54) is 0 Å². The van der Waals surface area contributed by atoms with Crippen LogP contribution in [0.1, 0.15) is 6.42 Å². The van der Waals surface area contributed by atoms with Gasteiger partial charge in [0.2, 0.25) is 0 Å². The Bertz CT molecular complexity index is 111. The van der Waals surface area contributed by atoms with Crippen LogP contribution in [0.3, 0.4) is 0 Å². The average molecular weight is 234 g/mol. The number of cyclic esters (lactones) is 1. The van der Waals surface area contributed by atoms with Crippen molar-refractivity contribution in [1.29, 1.82) is 0 Å². The van der Waals surface area contributed by atoms with Crippen molar-refractivity contribution in [3.05, 3.63) is 7.05 Å². The zero-order chi connectivity index (χ0) is 7.98. The van der Waals surface area contributed by atoms with Crippen molar-refractivity contribution >= 4 is 5.97 Å². The fourth-order valence-electron chi connectivity index (χ4n) is 0.758. The minimum atomic E-state index is -0.118. The fraction of sp³-hybridized carbons (Fsp3) is 0.667. The molecule has 0 spiro atoms. The van der Waals surface area contributed by atoms with Crippen LogP contribution in [0.15, 0.2) is 0 Å². The third-order valence-electron chi connectivity index (χ3n) is 1.28. The number of hydrogen-bond acceptors (Lipinski definition) is 4. The largest absolute Gasteiger partial charge is 0.486 e. The van der Waals surface area contributed by atoms with Gasteiger partial charge in [0.05, 0.1) is 6.61 Å². The van der Waals surface area contributed by atoms with E-state index in [1.54, 1.807) is 7.05 Å². The molecule has 4 nitrogen and oxygen atoms in total. The molecule has 1 radical (unpaired) electrons. The van der Waals surface area contributed by atoms with Crippen molar-refractivity contribution in [2.75, 3.05) is 13.7 Å². The van der Waals surface area contributed by atoms with E-state index in [-0.39, 0.29) is 44.7 Å². The predicted octanol–water partition coefficient (Wildman–Crippen LogP) is -0.745. The zero-order valence-electron chi connectivity index (χ0n) is 6.67. The van der Waals surface area contributed by atoms with Crippen LogP contribution in [-0.4, -0.2) is 25.7 Å². The van der Waals surface area contributed by atoms with Gasteiger partial charge in [-0.15, -0.1) is 0 Å². The zero-order valence-corrected chi connectivity index (χ0v) is 9.51. The second kappa shape index (κ2) is 8.59. The second-order valence-electron chi connectivity index (χ2n) is 1.80. The summed E-state index contributed by atoms with van der Waals surface area (Å²) in [5.74, 6) is -0.118. The van der Waals surface area contributed by atoms with Gasteiger partial charge in [-0.1, -0.05) is 0 Å². The quantitative estimate of drug-likeness (QED) is 0.463. The van der Waals surface area contributed by atoms with Crippen LogP contribution in [0, 0.1) is 7.05 Å². The maximum atomic E-state index is 10.5. The first-order valence-corrected chi connectivity index (χ1v) is 3.09. The molecule has 1 aliphatic rings. The van der Waals surface area contributed by atoms with Gasteiger partial charge in [0.25, 0.3) is 0 Å². The molecule has 0 bridgehead atoms. The Balaban J connectivity index is 0. The van der Waals surface area contributed by atoms with Gasteiger partial charge in [-0.2, -0.15) is 0 Å². The number of rotatable bonds is 1. The number of likely N-dealkylation sites (N-methyl/N-ethyl adjacent to an activating group) is 1. The first-order chi connectivity index (χ1) is 4.84. The smallest absolute Gasteiger partial charge is 0.323 e. The summed E-state index contributed by atoms with van der Waals surface area (Å²) in [5, 5.41) is 2.84. The number of carbonyl (C=O) groups excluding carboxylic acids is 1. The van der Waals surface area contributed by atoms with Crippen LogP contribution < -0.4 is 11.1 Å². The van der Waals surface area contributed by atoms with Crippen LogP contribution in [0.25, 0.3) is 0 Å². The molecular formula is C6H13N2O2Y-. The molecule has 0 aromatic carbocycles. The molecule has 0 saturated carbocycles. The van der Waals surface area contributed by atoms with Crippen LogP contribution in [0.5, 0.6) is 0 Å². The van der Waals surface area contributed by atoms with Crippen molar-refractivity contribution in [3.8, 4) is 0 Å². The van der Waals surface area contributed by atoms with E-state index >= 15 is 0 Å². The van der Waals surface area contributed by atoms with E-state index in [1.807, 2.05) is 0 Å². The summed E-state index contributed by atoms with van der Waals surface area (Å²) in [5.41, 5.74) is 4.25. The van der Waals surface area contributed by atoms with Gasteiger partial charge in [-0.25, -0.2) is 0 Å². The first-order valence-electron chi connectivity index (χ1n) is 3.09. The second-order valence-corrected chi connectivity index (χ2v) is 1.80. The topological polar surface area (TPSA) is 64.3 Å². The van der Waals surface area contributed by atoms with Gasteiger partial charge < -0.3 is 15.8 Å². The molecule has 3 N–H and O–H groups in total. The number of carbonyl (C=O) groups is 1. The molecule has 0 amide bonds. The third kappa shape index (κ3) is 4.85. The summed E-state index contributed by atoms with van der Waals surface area (Å²) in [4.78, 5) is 10.5. The normalized spacial score (nSPS) is 21.0. The standard InChI is InChI=1S/C5H9NO2.CH4N.Y/c1-6-4-2-3-8-5(4)7;1-2;/h4,6H,2-3H2,1H3;1-2H2;/q;-1;. The van der Waals surface area contributed by atoms with Gasteiger partial charge >= 0.3 is 5.97 Å². The van der Waals surface area contributed by atoms with E-state index in [0.29, 0.717) is 6.61 Å². The number of nitrogens with two attached hydrogens (primary N) is 1. The minimum absolute atomic E-state index is 0. The Morgan fingerprint density at radius 2 is 2.27 bits per heavy atom. The van der Waals surface area contributed by atoms with Crippen molar-refractivity contribution < 1.29 is 42.2 Å². The molecule has 1 saturated heterocycles. The van der Waals surface area contributed by atoms with Crippen molar-refractivity contribution in [2.24, 2.45) is 5.73 Å². The van der Waals surface area contributed by atoms with Crippen molar-refractivity contribution in [2.45, 2.75) is 12.5 Å². The van der Waals surface area contributed by atoms with E-state index in [0.717, 1.165) is 6.42 Å². The Labute approximate surface area is 92.1 Å². The van der Waals surface area contributed by atoms with Crippen molar-refractivity contribution in [1.82, 2.24) is 5.32 Å². The summed E-state index contributed by atoms with van der Waals surface area (Å²) < 4.78 is 4.65. The van der Waals surface area contributed by atoms with Crippen molar-refractivity contribution in [3.63, 3.8) is 0 Å². The molecule has 1 atom stereocenters. The predicted molar refractivity (Wildman–Crippen MR) is 38.0 cm³/mol. The molecule has 5 heteroatoms. The average Bonchev–Trinajstić information content (AvgIpc) is 2.39. The monoisotopic (exact) mass is 234 g/mol. The number of esters is 1. The SMILES string of the molecule is CNC1CCOC1=O.[CH2-]N.[Y]. The Kier molecular flexibility index (Phi) is 11.0. The summed E-state index contributed by atoms with van der Waals surface area (Å²) in [6.45, 7) is 0.574. The molecule has 1 rings (SSSR count). The molecule has 1 fully saturated rings. The minimum Gasteiger partial charge on any atom is -0.486 e. The van der Waals surface area contributed by atoms with E-state index < -0.39 is 0 Å². The molecular weight excluding hydrogens is 221 g/mol. The molecule has 0 aliphatic carbocycles. The Hall–Kier alpha value is 0.494. The maximum absolute atomic E-state index is 10.5. The van der Waals surface area contributed by atoms with Gasteiger partial charge in [0.15, 0.2) is 0 Å². The molecule has 0 aromatic rings. The number of ether oxygens (including phenoxy) is 1. The van der Waals surface area contributed by atoms with Gasteiger partial charge in [0.1, 0.15) is 6.04 Å². The summed E-state index contributed by atoms with van der Waals surface area (Å²) in [7, 11) is 4.51. The molecule has 1 unspecified atom stereocenters. The van der Waals surface area contributed by atoms with Gasteiger partial charge in [-0.05, 0) is 7.05 Å². The first kappa shape index (κ1) is 14.0. The van der Waals surface area contributed by atoms with E-state index in [4.69, 9.17) is 0 Å². The fourth-order valence-corrected chi connectivity index (χ4v) is 0.758. The summed E-state index contributed by atoms with van der Waals surface area (Å²) in [6.07, 6.45) is 0.815.